The number of carbonyl (C=O) groups excluding carboxylic acids is 1. The Morgan fingerprint density at radius 2 is 1.81 bits per heavy atom. The molecule has 3 nitrogen and oxygen atoms in total. The van der Waals surface area contributed by atoms with Crippen LogP contribution in [0, 0.1) is 0 Å². The maximum atomic E-state index is 12.8. The third-order valence-corrected chi connectivity index (χ3v) is 9.30. The van der Waals surface area contributed by atoms with Crippen molar-refractivity contribution in [3.05, 3.63) is 35.4 Å². The Labute approximate surface area is 198 Å². The van der Waals surface area contributed by atoms with Gasteiger partial charge in [-0.15, -0.1) is 23.5 Å². The normalized spacial score (nSPS) is 22.6. The third-order valence-electron chi connectivity index (χ3n) is 6.14. The zero-order valence-electron chi connectivity index (χ0n) is 18.7. The summed E-state index contributed by atoms with van der Waals surface area (Å²) in [6.45, 7) is 4.24. The smallest absolute Gasteiger partial charge is 0.356 e. The Balaban J connectivity index is 1.27. The number of nitrogens with zero attached hydrogens (tertiary/aromatic N) is 1. The van der Waals surface area contributed by atoms with Crippen molar-refractivity contribution in [1.29, 1.82) is 0 Å². The highest BCUT2D eigenvalue weighted by molar-refractivity contribution is 8.17. The first-order valence-electron chi connectivity index (χ1n) is 11.8. The molecule has 8 heteroatoms. The lowest BCUT2D eigenvalue weighted by atomic mass is 10.1. The van der Waals surface area contributed by atoms with E-state index >= 15 is 0 Å². The van der Waals surface area contributed by atoms with Gasteiger partial charge in [-0.3, -0.25) is 4.79 Å². The molecule has 1 aromatic carbocycles. The van der Waals surface area contributed by atoms with Crippen LogP contribution in [0.2, 0.25) is 0 Å². The average Bonchev–Trinajstić information content (AvgIpc) is 2.80. The fraction of sp³-hybridized carbons (Fsp3) is 0.708. The van der Waals surface area contributed by atoms with Gasteiger partial charge >= 0.3 is 6.18 Å². The molecule has 0 spiro atoms. The van der Waals surface area contributed by atoms with Crippen LogP contribution in [-0.4, -0.2) is 48.0 Å². The van der Waals surface area contributed by atoms with Crippen molar-refractivity contribution < 1.29 is 18.0 Å². The maximum Gasteiger partial charge on any atom is 0.416 e. The van der Waals surface area contributed by atoms with E-state index < -0.39 is 11.7 Å². The summed E-state index contributed by atoms with van der Waals surface area (Å²) in [4.78, 5) is 14.6. The highest BCUT2D eigenvalue weighted by Crippen LogP contribution is 2.48. The molecule has 2 aliphatic heterocycles. The molecule has 1 aromatic rings. The first-order chi connectivity index (χ1) is 15.4. The second kappa shape index (κ2) is 13.1. The average molecular weight is 489 g/mol. The van der Waals surface area contributed by atoms with Crippen LogP contribution in [0.3, 0.4) is 0 Å². The largest absolute Gasteiger partial charge is 0.416 e. The van der Waals surface area contributed by atoms with Crippen molar-refractivity contribution in [1.82, 2.24) is 10.2 Å². The van der Waals surface area contributed by atoms with Crippen LogP contribution >= 0.6 is 23.5 Å². The number of alkyl halides is 3. The molecule has 0 saturated carbocycles. The Kier molecular flexibility index (Phi) is 10.6. The summed E-state index contributed by atoms with van der Waals surface area (Å²) in [6, 6.07) is 5.60. The van der Waals surface area contributed by atoms with Gasteiger partial charge < -0.3 is 10.2 Å². The summed E-state index contributed by atoms with van der Waals surface area (Å²) in [5.74, 6) is 1.18. The Hall–Kier alpha value is -0.860. The molecular weight excluding hydrogens is 453 g/mol. The lowest BCUT2D eigenvalue weighted by Gasteiger charge is -2.29. The second-order valence-corrected chi connectivity index (χ2v) is 11.6. The van der Waals surface area contributed by atoms with Crippen LogP contribution in [0.25, 0.3) is 0 Å². The molecule has 3 rings (SSSR count). The quantitative estimate of drug-likeness (QED) is 0.381. The molecule has 0 radical (unpaired) electrons. The lowest BCUT2D eigenvalue weighted by Crippen LogP contribution is -2.33. The van der Waals surface area contributed by atoms with E-state index in [9.17, 15) is 18.0 Å². The number of amides is 1. The third kappa shape index (κ3) is 8.82. The van der Waals surface area contributed by atoms with Crippen LogP contribution in [-0.2, 0) is 11.0 Å². The van der Waals surface area contributed by atoms with E-state index in [2.05, 4.69) is 10.2 Å². The van der Waals surface area contributed by atoms with Crippen LogP contribution in [0.4, 0.5) is 13.2 Å². The molecule has 2 aliphatic rings. The predicted molar refractivity (Wildman–Crippen MR) is 129 cm³/mol. The molecule has 32 heavy (non-hydrogen) atoms. The molecule has 1 N–H and O–H groups in total. The SMILES string of the molecule is O=C(CCCCC1CCSC(c2ccc(C(F)(F)F)cc2)S1)NCCCN1CCCCC1. The summed E-state index contributed by atoms with van der Waals surface area (Å²) < 4.78 is 38.5. The molecule has 2 heterocycles. The highest BCUT2D eigenvalue weighted by Gasteiger charge is 2.31. The number of hydrogen-bond acceptors (Lipinski definition) is 4. The summed E-state index contributed by atoms with van der Waals surface area (Å²) in [6.07, 6.45) is 5.36. The molecule has 0 bridgehead atoms. The predicted octanol–water partition coefficient (Wildman–Crippen LogP) is 6.50. The van der Waals surface area contributed by atoms with Gasteiger partial charge in [-0.25, -0.2) is 0 Å². The first kappa shape index (κ1) is 25.8. The van der Waals surface area contributed by atoms with Crippen molar-refractivity contribution in [3.8, 4) is 0 Å². The summed E-state index contributed by atoms with van der Waals surface area (Å²) in [5, 5.41) is 3.56. The zero-order valence-corrected chi connectivity index (χ0v) is 20.3. The molecule has 2 unspecified atom stereocenters. The van der Waals surface area contributed by atoms with Crippen LogP contribution in [0.15, 0.2) is 24.3 Å². The van der Waals surface area contributed by atoms with Gasteiger partial charge in [-0.2, -0.15) is 13.2 Å². The number of halogens is 3. The number of hydrogen-bond donors (Lipinski definition) is 1. The molecule has 0 aliphatic carbocycles. The zero-order chi connectivity index (χ0) is 22.8. The van der Waals surface area contributed by atoms with Crippen molar-refractivity contribution in [2.45, 2.75) is 73.8 Å². The molecule has 1 amide bonds. The minimum absolute atomic E-state index is 0.151. The number of benzene rings is 1. The first-order valence-corrected chi connectivity index (χ1v) is 13.8. The fourth-order valence-corrected chi connectivity index (χ4v) is 7.69. The van der Waals surface area contributed by atoms with Crippen LogP contribution < -0.4 is 5.32 Å². The van der Waals surface area contributed by atoms with Gasteiger partial charge in [0.15, 0.2) is 0 Å². The van der Waals surface area contributed by atoms with Crippen molar-refractivity contribution in [2.24, 2.45) is 0 Å². The summed E-state index contributed by atoms with van der Waals surface area (Å²) in [5.41, 5.74) is 0.370. The molecule has 2 fully saturated rings. The molecular formula is C24H35F3N2OS2. The van der Waals surface area contributed by atoms with E-state index in [-0.39, 0.29) is 10.5 Å². The van der Waals surface area contributed by atoms with E-state index in [4.69, 9.17) is 0 Å². The van der Waals surface area contributed by atoms with E-state index in [0.717, 1.165) is 56.5 Å². The number of rotatable bonds is 10. The van der Waals surface area contributed by atoms with Gasteiger partial charge in [0.25, 0.3) is 0 Å². The number of carbonyl (C=O) groups is 1. The van der Waals surface area contributed by atoms with Gasteiger partial charge in [0.1, 0.15) is 0 Å². The molecule has 2 atom stereocenters. The van der Waals surface area contributed by atoms with Crippen LogP contribution in [0.5, 0.6) is 0 Å². The fourth-order valence-electron chi connectivity index (χ4n) is 4.26. The van der Waals surface area contributed by atoms with E-state index in [1.165, 1.54) is 44.5 Å². The van der Waals surface area contributed by atoms with Crippen LogP contribution in [0.1, 0.15) is 73.5 Å². The van der Waals surface area contributed by atoms with Crippen molar-refractivity contribution in [2.75, 3.05) is 31.9 Å². The second-order valence-electron chi connectivity index (χ2n) is 8.72. The van der Waals surface area contributed by atoms with Gasteiger partial charge in [0, 0.05) is 18.2 Å². The Morgan fingerprint density at radius 3 is 2.53 bits per heavy atom. The number of thioether (sulfide) groups is 2. The number of unbranched alkanes of at least 4 members (excludes halogenated alkanes) is 1. The standard InChI is InChI=1S/C24H35F3N2OS2/c25-24(26,27)20-11-9-19(10-12-20)23-31-18-13-21(32-23)7-2-3-8-22(30)28-14-6-17-29-15-4-1-5-16-29/h9-12,21,23H,1-8,13-18H2,(H,28,30). The maximum absolute atomic E-state index is 12.8. The number of piperidine rings is 1. The van der Waals surface area contributed by atoms with Gasteiger partial charge in [-0.1, -0.05) is 25.0 Å². The van der Waals surface area contributed by atoms with E-state index in [1.54, 1.807) is 12.1 Å². The molecule has 2 saturated heterocycles. The van der Waals surface area contributed by atoms with Crippen molar-refractivity contribution in [3.63, 3.8) is 0 Å². The minimum Gasteiger partial charge on any atom is -0.356 e. The highest BCUT2D eigenvalue weighted by atomic mass is 32.2. The van der Waals surface area contributed by atoms with Crippen molar-refractivity contribution >= 4 is 29.4 Å². The van der Waals surface area contributed by atoms with Gasteiger partial charge in [0.2, 0.25) is 5.91 Å². The topological polar surface area (TPSA) is 32.3 Å². The van der Waals surface area contributed by atoms with E-state index in [1.807, 2.05) is 23.5 Å². The summed E-state index contributed by atoms with van der Waals surface area (Å²) >= 11 is 3.68. The Morgan fingerprint density at radius 1 is 1.06 bits per heavy atom. The van der Waals surface area contributed by atoms with Gasteiger partial charge in [-0.05, 0) is 81.6 Å². The van der Waals surface area contributed by atoms with Gasteiger partial charge in [0.05, 0.1) is 10.1 Å². The minimum atomic E-state index is -4.28. The monoisotopic (exact) mass is 488 g/mol. The molecule has 180 valence electrons. The molecule has 0 aromatic heterocycles. The number of likely N-dealkylation sites (tertiary alicyclic amines) is 1. The summed E-state index contributed by atoms with van der Waals surface area (Å²) in [7, 11) is 0. The van der Waals surface area contributed by atoms with E-state index in [0.29, 0.717) is 11.7 Å². The Bertz CT molecular complexity index is 693. The number of nitrogens with one attached hydrogen (secondary N) is 1. The lowest BCUT2D eigenvalue weighted by molar-refractivity contribution is -0.137.